The van der Waals surface area contributed by atoms with Crippen molar-refractivity contribution < 1.29 is 28.5 Å². The summed E-state index contributed by atoms with van der Waals surface area (Å²) in [4.78, 5) is 24.2. The standard InChI is InChI=1S/C15H18O6/c1-18-11-7-10-8(13(19-2)14(11)20-3)5-6-9(12(10)16)15(17)21-4/h7,9H,5-6H2,1-4H3/t9-/m1/s1. The van der Waals surface area contributed by atoms with E-state index in [1.165, 1.54) is 28.4 Å². The van der Waals surface area contributed by atoms with Crippen molar-refractivity contribution in [3.8, 4) is 17.2 Å². The average molecular weight is 294 g/mol. The zero-order valence-corrected chi connectivity index (χ0v) is 12.5. The third-order valence-corrected chi connectivity index (χ3v) is 3.68. The fraction of sp³-hybridized carbons (Fsp3) is 0.467. The van der Waals surface area contributed by atoms with Crippen LogP contribution in [0, 0.1) is 5.92 Å². The summed E-state index contributed by atoms with van der Waals surface area (Å²) in [6.45, 7) is 0. The van der Waals surface area contributed by atoms with Gasteiger partial charge in [0.05, 0.1) is 28.4 Å². The normalized spacial score (nSPS) is 17.0. The van der Waals surface area contributed by atoms with Gasteiger partial charge in [0.2, 0.25) is 5.75 Å². The van der Waals surface area contributed by atoms with E-state index in [4.69, 9.17) is 14.2 Å². The van der Waals surface area contributed by atoms with Crippen LogP contribution in [0.4, 0.5) is 0 Å². The molecule has 1 aromatic carbocycles. The van der Waals surface area contributed by atoms with Crippen LogP contribution >= 0.6 is 0 Å². The van der Waals surface area contributed by atoms with Gasteiger partial charge in [0, 0.05) is 11.1 Å². The summed E-state index contributed by atoms with van der Waals surface area (Å²) in [6, 6.07) is 1.59. The molecule has 1 aromatic rings. The van der Waals surface area contributed by atoms with Crippen molar-refractivity contribution in [3.63, 3.8) is 0 Å². The van der Waals surface area contributed by atoms with Crippen LogP contribution in [0.25, 0.3) is 0 Å². The number of methoxy groups -OCH3 is 4. The Morgan fingerprint density at radius 3 is 2.29 bits per heavy atom. The van der Waals surface area contributed by atoms with Gasteiger partial charge < -0.3 is 18.9 Å². The number of fused-ring (bicyclic) bond motifs is 1. The minimum Gasteiger partial charge on any atom is -0.493 e. The van der Waals surface area contributed by atoms with Gasteiger partial charge in [-0.2, -0.15) is 0 Å². The second-order valence-electron chi connectivity index (χ2n) is 4.65. The first kappa shape index (κ1) is 15.2. The monoisotopic (exact) mass is 294 g/mol. The number of ether oxygens (including phenoxy) is 4. The van der Waals surface area contributed by atoms with Crippen LogP contribution in [0.2, 0.25) is 0 Å². The molecule has 1 aliphatic rings. The summed E-state index contributed by atoms with van der Waals surface area (Å²) < 4.78 is 20.6. The van der Waals surface area contributed by atoms with Crippen LogP contribution < -0.4 is 14.2 Å². The van der Waals surface area contributed by atoms with E-state index in [0.717, 1.165) is 5.56 Å². The Hall–Kier alpha value is -2.24. The molecule has 6 heteroatoms. The summed E-state index contributed by atoms with van der Waals surface area (Å²) in [5.41, 5.74) is 1.16. The van der Waals surface area contributed by atoms with Gasteiger partial charge in [-0.15, -0.1) is 0 Å². The fourth-order valence-electron chi connectivity index (χ4n) is 2.66. The maximum atomic E-state index is 12.5. The second kappa shape index (κ2) is 6.03. The van der Waals surface area contributed by atoms with E-state index >= 15 is 0 Å². The minimum atomic E-state index is -0.773. The number of carbonyl (C=O) groups excluding carboxylic acids is 2. The lowest BCUT2D eigenvalue weighted by atomic mass is 9.82. The highest BCUT2D eigenvalue weighted by Crippen LogP contribution is 2.45. The lowest BCUT2D eigenvalue weighted by molar-refractivity contribution is -0.143. The van der Waals surface area contributed by atoms with Gasteiger partial charge in [0.15, 0.2) is 17.3 Å². The molecule has 0 unspecified atom stereocenters. The lowest BCUT2D eigenvalue weighted by Gasteiger charge is -2.25. The Morgan fingerprint density at radius 2 is 1.76 bits per heavy atom. The van der Waals surface area contributed by atoms with Gasteiger partial charge in [0.1, 0.15) is 5.92 Å². The quantitative estimate of drug-likeness (QED) is 0.621. The number of hydrogen-bond acceptors (Lipinski definition) is 6. The van der Waals surface area contributed by atoms with Crippen molar-refractivity contribution in [2.24, 2.45) is 5.92 Å². The predicted molar refractivity (Wildman–Crippen MR) is 74.3 cm³/mol. The predicted octanol–water partition coefficient (Wildman–Crippen LogP) is 1.63. The van der Waals surface area contributed by atoms with Gasteiger partial charge in [-0.25, -0.2) is 0 Å². The SMILES string of the molecule is COC(=O)[C@@H]1CCc2c(cc(OC)c(OC)c2OC)C1=O. The fourth-order valence-corrected chi connectivity index (χ4v) is 2.66. The van der Waals surface area contributed by atoms with Gasteiger partial charge in [-0.3, -0.25) is 9.59 Å². The van der Waals surface area contributed by atoms with E-state index in [-0.39, 0.29) is 5.78 Å². The highest BCUT2D eigenvalue weighted by Gasteiger charge is 2.37. The topological polar surface area (TPSA) is 71.1 Å². The zero-order chi connectivity index (χ0) is 15.6. The molecular formula is C15H18O6. The molecule has 0 fully saturated rings. The molecule has 2 rings (SSSR count). The number of ketones is 1. The third-order valence-electron chi connectivity index (χ3n) is 3.68. The molecule has 0 spiro atoms. The summed E-state index contributed by atoms with van der Waals surface area (Å²) in [7, 11) is 5.78. The number of Topliss-reactive ketones (excluding diaryl/α,β-unsaturated/α-hetero) is 1. The van der Waals surface area contributed by atoms with Crippen molar-refractivity contribution in [1.82, 2.24) is 0 Å². The molecule has 0 N–H and O–H groups in total. The maximum Gasteiger partial charge on any atom is 0.316 e. The molecule has 1 atom stereocenters. The molecule has 0 amide bonds. The molecular weight excluding hydrogens is 276 g/mol. The van der Waals surface area contributed by atoms with E-state index in [0.29, 0.717) is 35.7 Å². The molecule has 0 radical (unpaired) electrons. The summed E-state index contributed by atoms with van der Waals surface area (Å²) >= 11 is 0. The van der Waals surface area contributed by atoms with Crippen LogP contribution in [0.15, 0.2) is 6.07 Å². The first-order chi connectivity index (χ1) is 10.1. The van der Waals surface area contributed by atoms with Gasteiger partial charge in [-0.05, 0) is 18.9 Å². The molecule has 0 heterocycles. The lowest BCUT2D eigenvalue weighted by Crippen LogP contribution is -2.30. The molecule has 0 bridgehead atoms. The van der Waals surface area contributed by atoms with E-state index < -0.39 is 11.9 Å². The van der Waals surface area contributed by atoms with Crippen LogP contribution in [0.1, 0.15) is 22.3 Å². The van der Waals surface area contributed by atoms with Crippen LogP contribution in [-0.2, 0) is 16.0 Å². The van der Waals surface area contributed by atoms with Gasteiger partial charge in [-0.1, -0.05) is 0 Å². The second-order valence-corrected chi connectivity index (χ2v) is 4.65. The van der Waals surface area contributed by atoms with Crippen LogP contribution in [0.3, 0.4) is 0 Å². The number of rotatable bonds is 4. The summed E-state index contributed by atoms with van der Waals surface area (Å²) in [6.07, 6.45) is 0.925. The Labute approximate surface area is 122 Å². The first-order valence-corrected chi connectivity index (χ1v) is 6.52. The number of carbonyl (C=O) groups is 2. The van der Waals surface area contributed by atoms with Crippen molar-refractivity contribution in [2.45, 2.75) is 12.8 Å². The van der Waals surface area contributed by atoms with Gasteiger partial charge >= 0.3 is 5.97 Å². The highest BCUT2D eigenvalue weighted by atomic mass is 16.5. The molecule has 1 aliphatic carbocycles. The smallest absolute Gasteiger partial charge is 0.316 e. The average Bonchev–Trinajstić information content (AvgIpc) is 2.52. The molecule has 0 aromatic heterocycles. The van der Waals surface area contributed by atoms with Crippen molar-refractivity contribution in [1.29, 1.82) is 0 Å². The van der Waals surface area contributed by atoms with E-state index in [1.807, 2.05) is 0 Å². The molecule has 6 nitrogen and oxygen atoms in total. The number of benzene rings is 1. The Kier molecular flexibility index (Phi) is 4.35. The molecule has 21 heavy (non-hydrogen) atoms. The number of esters is 1. The number of hydrogen-bond donors (Lipinski definition) is 0. The molecule has 114 valence electrons. The minimum absolute atomic E-state index is 0.276. The maximum absolute atomic E-state index is 12.5. The van der Waals surface area contributed by atoms with E-state index in [1.54, 1.807) is 6.07 Å². The zero-order valence-electron chi connectivity index (χ0n) is 12.5. The Morgan fingerprint density at radius 1 is 1.10 bits per heavy atom. The van der Waals surface area contributed by atoms with Crippen LogP contribution in [-0.4, -0.2) is 40.2 Å². The third kappa shape index (κ3) is 2.41. The van der Waals surface area contributed by atoms with E-state index in [2.05, 4.69) is 4.74 Å². The Bertz CT molecular complexity index is 578. The van der Waals surface area contributed by atoms with Gasteiger partial charge in [0.25, 0.3) is 0 Å². The molecule has 0 aliphatic heterocycles. The first-order valence-electron chi connectivity index (χ1n) is 6.52. The molecule has 0 saturated carbocycles. The Balaban J connectivity index is 2.58. The highest BCUT2D eigenvalue weighted by molar-refractivity contribution is 6.11. The van der Waals surface area contributed by atoms with E-state index in [9.17, 15) is 9.59 Å². The summed E-state index contributed by atoms with van der Waals surface area (Å²) in [5, 5.41) is 0. The van der Waals surface area contributed by atoms with Crippen molar-refractivity contribution in [2.75, 3.05) is 28.4 Å². The van der Waals surface area contributed by atoms with Crippen LogP contribution in [0.5, 0.6) is 17.2 Å². The molecule has 0 saturated heterocycles. The largest absolute Gasteiger partial charge is 0.493 e. The van der Waals surface area contributed by atoms with Crippen molar-refractivity contribution >= 4 is 11.8 Å². The summed E-state index contributed by atoms with van der Waals surface area (Å²) in [5.74, 6) is -0.245. The van der Waals surface area contributed by atoms with Crippen molar-refractivity contribution in [3.05, 3.63) is 17.2 Å².